The quantitative estimate of drug-likeness (QED) is 0.638. The third-order valence-corrected chi connectivity index (χ3v) is 5.60. The molecule has 1 aliphatic rings. The molecule has 0 unspecified atom stereocenters. The fraction of sp³-hybridized carbons (Fsp3) is 0.455. The van der Waals surface area contributed by atoms with Crippen molar-refractivity contribution < 1.29 is 9.53 Å². The molecule has 0 N–H and O–H groups in total. The van der Waals surface area contributed by atoms with E-state index in [0.29, 0.717) is 34.5 Å². The Labute approximate surface area is 182 Å². The van der Waals surface area contributed by atoms with Gasteiger partial charge in [0.2, 0.25) is 0 Å². The number of ether oxygens (including phenoxy) is 1. The highest BCUT2D eigenvalue weighted by atomic mass is 35.5. The van der Waals surface area contributed by atoms with Gasteiger partial charge in [-0.15, -0.1) is 0 Å². The lowest BCUT2D eigenvalue weighted by Gasteiger charge is -2.22. The minimum atomic E-state index is -0.0353. The molecule has 1 aromatic heterocycles. The van der Waals surface area contributed by atoms with Crippen molar-refractivity contribution in [1.29, 1.82) is 0 Å². The zero-order chi connectivity index (χ0) is 20.6. The van der Waals surface area contributed by atoms with Crippen molar-refractivity contribution in [2.24, 2.45) is 0 Å². The summed E-state index contributed by atoms with van der Waals surface area (Å²) in [6.45, 7) is 6.79. The summed E-state index contributed by atoms with van der Waals surface area (Å²) in [4.78, 5) is 21.4. The predicted octanol–water partition coefficient (Wildman–Crippen LogP) is 4.57. The van der Waals surface area contributed by atoms with E-state index in [1.807, 2.05) is 24.2 Å². The number of carbonyl (C=O) groups excluding carboxylic acids is 1. The van der Waals surface area contributed by atoms with Gasteiger partial charge in [0.15, 0.2) is 5.75 Å². The van der Waals surface area contributed by atoms with Gasteiger partial charge in [0.25, 0.3) is 5.91 Å². The van der Waals surface area contributed by atoms with Gasteiger partial charge in [0.1, 0.15) is 0 Å². The smallest absolute Gasteiger partial charge is 0.254 e. The highest BCUT2D eigenvalue weighted by Gasteiger charge is 2.22. The summed E-state index contributed by atoms with van der Waals surface area (Å²) in [5.74, 6) is 0.414. The first-order valence-corrected chi connectivity index (χ1v) is 10.9. The van der Waals surface area contributed by atoms with Crippen LogP contribution >= 0.6 is 23.2 Å². The van der Waals surface area contributed by atoms with E-state index in [1.54, 1.807) is 12.1 Å². The topological polar surface area (TPSA) is 45.7 Å². The van der Waals surface area contributed by atoms with E-state index in [1.165, 1.54) is 5.56 Å². The number of benzene rings is 1. The van der Waals surface area contributed by atoms with Crippen LogP contribution in [0.3, 0.4) is 0 Å². The predicted molar refractivity (Wildman–Crippen MR) is 117 cm³/mol. The molecule has 1 fully saturated rings. The molecule has 0 spiro atoms. The zero-order valence-electron chi connectivity index (χ0n) is 16.7. The highest BCUT2D eigenvalue weighted by molar-refractivity contribution is 6.37. The monoisotopic (exact) mass is 435 g/mol. The van der Waals surface area contributed by atoms with Crippen LogP contribution in [0.2, 0.25) is 10.0 Å². The fourth-order valence-electron chi connectivity index (χ4n) is 3.44. The molecule has 0 atom stereocenters. The molecule has 1 amide bonds. The third-order valence-electron chi connectivity index (χ3n) is 5.04. The molecule has 0 aliphatic carbocycles. The summed E-state index contributed by atoms with van der Waals surface area (Å²) >= 11 is 12.6. The van der Waals surface area contributed by atoms with Crippen molar-refractivity contribution in [3.05, 3.63) is 57.8 Å². The Hall–Kier alpha value is -1.82. The Morgan fingerprint density at radius 1 is 1.10 bits per heavy atom. The first-order chi connectivity index (χ1) is 14.1. The molecule has 0 bridgehead atoms. The van der Waals surface area contributed by atoms with E-state index in [2.05, 4.69) is 22.0 Å². The van der Waals surface area contributed by atoms with Gasteiger partial charge in [-0.2, -0.15) is 0 Å². The summed E-state index contributed by atoms with van der Waals surface area (Å²) in [7, 11) is 0. The number of hydrogen-bond acceptors (Lipinski definition) is 4. The molecule has 1 aliphatic heterocycles. The van der Waals surface area contributed by atoms with Crippen molar-refractivity contribution in [2.75, 3.05) is 39.3 Å². The number of rotatable bonds is 7. The van der Waals surface area contributed by atoms with Crippen LogP contribution in [0.4, 0.5) is 0 Å². The first-order valence-electron chi connectivity index (χ1n) is 10.1. The maximum Gasteiger partial charge on any atom is 0.254 e. The van der Waals surface area contributed by atoms with Crippen LogP contribution in [-0.2, 0) is 6.42 Å². The van der Waals surface area contributed by atoms with Gasteiger partial charge in [0.05, 0.1) is 16.7 Å². The Morgan fingerprint density at radius 3 is 2.52 bits per heavy atom. The van der Waals surface area contributed by atoms with Crippen LogP contribution in [-0.4, -0.2) is 60.0 Å². The van der Waals surface area contributed by atoms with Gasteiger partial charge in [-0.1, -0.05) is 30.1 Å². The molecule has 0 saturated carbocycles. The van der Waals surface area contributed by atoms with Gasteiger partial charge in [0, 0.05) is 44.1 Å². The van der Waals surface area contributed by atoms with Crippen molar-refractivity contribution >= 4 is 29.1 Å². The number of nitrogens with zero attached hydrogens (tertiary/aromatic N) is 3. The molecule has 156 valence electrons. The van der Waals surface area contributed by atoms with Crippen LogP contribution < -0.4 is 4.74 Å². The highest BCUT2D eigenvalue weighted by Crippen LogP contribution is 2.34. The number of pyridine rings is 1. The lowest BCUT2D eigenvalue weighted by Crippen LogP contribution is -2.35. The largest absolute Gasteiger partial charge is 0.490 e. The summed E-state index contributed by atoms with van der Waals surface area (Å²) in [5.41, 5.74) is 1.79. The maximum absolute atomic E-state index is 13.0. The van der Waals surface area contributed by atoms with Crippen LogP contribution in [0.25, 0.3) is 0 Å². The lowest BCUT2D eigenvalue weighted by atomic mass is 10.2. The van der Waals surface area contributed by atoms with E-state index in [4.69, 9.17) is 27.9 Å². The van der Waals surface area contributed by atoms with Crippen molar-refractivity contribution in [2.45, 2.75) is 26.2 Å². The third kappa shape index (κ3) is 6.08. The van der Waals surface area contributed by atoms with Crippen LogP contribution in [0.15, 0.2) is 36.7 Å². The molecule has 7 heteroatoms. The summed E-state index contributed by atoms with van der Waals surface area (Å²) in [5, 5.41) is 0.756. The molecule has 1 aromatic carbocycles. The average molecular weight is 436 g/mol. The number of amides is 1. The fourth-order valence-corrected chi connectivity index (χ4v) is 4.04. The SMILES string of the molecule is CCCOc1c(Cl)cc(C(=O)N2CCCN(CCc3ccncc3)CC2)cc1Cl. The average Bonchev–Trinajstić information content (AvgIpc) is 2.97. The zero-order valence-corrected chi connectivity index (χ0v) is 18.3. The second-order valence-corrected chi connectivity index (χ2v) is 8.02. The first kappa shape index (κ1) is 21.9. The van der Waals surface area contributed by atoms with Gasteiger partial charge in [-0.25, -0.2) is 0 Å². The van der Waals surface area contributed by atoms with E-state index >= 15 is 0 Å². The van der Waals surface area contributed by atoms with Gasteiger partial charge in [-0.3, -0.25) is 9.78 Å². The molecular formula is C22H27Cl2N3O2. The number of carbonyl (C=O) groups is 1. The Bertz CT molecular complexity index is 794. The lowest BCUT2D eigenvalue weighted by molar-refractivity contribution is 0.0761. The van der Waals surface area contributed by atoms with E-state index < -0.39 is 0 Å². The molecular weight excluding hydrogens is 409 g/mol. The standard InChI is InChI=1S/C22H27Cl2N3O2/c1-2-14-29-21-19(23)15-18(16-20(21)24)22(28)27-10-3-9-26(12-13-27)11-6-17-4-7-25-8-5-17/h4-5,7-8,15-16H,2-3,6,9-14H2,1H3. The van der Waals surface area contributed by atoms with Gasteiger partial charge < -0.3 is 14.5 Å². The molecule has 5 nitrogen and oxygen atoms in total. The molecule has 2 heterocycles. The second-order valence-electron chi connectivity index (χ2n) is 7.21. The Balaban J connectivity index is 1.59. The van der Waals surface area contributed by atoms with Crippen molar-refractivity contribution in [3.8, 4) is 5.75 Å². The summed E-state index contributed by atoms with van der Waals surface area (Å²) < 4.78 is 5.60. The van der Waals surface area contributed by atoms with Crippen LogP contribution in [0, 0.1) is 0 Å². The summed E-state index contributed by atoms with van der Waals surface area (Å²) in [6, 6.07) is 7.42. The maximum atomic E-state index is 13.0. The van der Waals surface area contributed by atoms with Crippen LogP contribution in [0.5, 0.6) is 5.75 Å². The van der Waals surface area contributed by atoms with Crippen LogP contribution in [0.1, 0.15) is 35.7 Å². The summed E-state index contributed by atoms with van der Waals surface area (Å²) in [6.07, 6.45) is 6.45. The van der Waals surface area contributed by atoms with Crippen molar-refractivity contribution in [3.63, 3.8) is 0 Å². The van der Waals surface area contributed by atoms with Gasteiger partial charge >= 0.3 is 0 Å². The number of halogens is 2. The van der Waals surface area contributed by atoms with Gasteiger partial charge in [-0.05, 0) is 55.6 Å². The minimum Gasteiger partial charge on any atom is -0.490 e. The number of hydrogen-bond donors (Lipinski definition) is 0. The minimum absolute atomic E-state index is 0.0353. The normalized spacial score (nSPS) is 15.2. The number of aromatic nitrogens is 1. The molecule has 0 radical (unpaired) electrons. The van der Waals surface area contributed by atoms with E-state index in [0.717, 1.165) is 45.4 Å². The molecule has 1 saturated heterocycles. The molecule has 3 rings (SSSR count). The van der Waals surface area contributed by atoms with Crippen molar-refractivity contribution in [1.82, 2.24) is 14.8 Å². The van der Waals surface area contributed by atoms with E-state index in [-0.39, 0.29) is 5.91 Å². The molecule has 2 aromatic rings. The Kier molecular flexibility index (Phi) is 8.16. The molecule has 29 heavy (non-hydrogen) atoms. The second kappa shape index (κ2) is 10.8. The Morgan fingerprint density at radius 2 is 1.83 bits per heavy atom. The van der Waals surface area contributed by atoms with E-state index in [9.17, 15) is 4.79 Å².